The van der Waals surface area contributed by atoms with Crippen LogP contribution in [-0.4, -0.2) is 6.61 Å². The Bertz CT molecular complexity index is 763. The zero-order valence-electron chi connectivity index (χ0n) is 12.4. The number of benzene rings is 2. The van der Waals surface area contributed by atoms with E-state index in [9.17, 15) is 4.39 Å². The molecule has 3 aromatic rings. The van der Waals surface area contributed by atoms with E-state index in [1.165, 1.54) is 10.9 Å². The first-order valence-electron chi connectivity index (χ1n) is 7.31. The van der Waals surface area contributed by atoms with Crippen molar-refractivity contribution in [3.8, 4) is 16.2 Å². The Morgan fingerprint density at radius 2 is 1.86 bits per heavy atom. The van der Waals surface area contributed by atoms with Crippen LogP contribution in [-0.2, 0) is 6.42 Å². The largest absolute Gasteiger partial charge is 0.494 e. The fourth-order valence-corrected chi connectivity index (χ4v) is 3.39. The lowest BCUT2D eigenvalue weighted by Crippen LogP contribution is -1.90. The molecule has 0 amide bonds. The number of hydrogen-bond acceptors (Lipinski definition) is 2. The number of ether oxygens (including phenoxy) is 1. The first-order chi connectivity index (χ1) is 10.8. The van der Waals surface area contributed by atoms with Crippen LogP contribution in [0.15, 0.2) is 60.7 Å². The van der Waals surface area contributed by atoms with E-state index >= 15 is 0 Å². The number of hydrogen-bond donors (Lipinski definition) is 0. The molecule has 1 nitrogen and oxygen atoms in total. The van der Waals surface area contributed by atoms with Gasteiger partial charge in [-0.15, -0.1) is 11.3 Å². The van der Waals surface area contributed by atoms with Gasteiger partial charge in [-0.3, -0.25) is 0 Å². The molecule has 0 aliphatic rings. The lowest BCUT2D eigenvalue weighted by molar-refractivity contribution is 0.340. The Balaban J connectivity index is 1.82. The average molecular weight is 312 g/mol. The molecule has 0 fully saturated rings. The molecule has 0 unspecified atom stereocenters. The smallest absolute Gasteiger partial charge is 0.126 e. The van der Waals surface area contributed by atoms with Gasteiger partial charge < -0.3 is 4.74 Å². The summed E-state index contributed by atoms with van der Waals surface area (Å²) in [6, 6.07) is 19.2. The van der Waals surface area contributed by atoms with Crippen LogP contribution in [0.3, 0.4) is 0 Å². The summed E-state index contributed by atoms with van der Waals surface area (Å²) in [4.78, 5) is 2.33. The minimum absolute atomic E-state index is 0.143. The molecule has 0 radical (unpaired) electrons. The van der Waals surface area contributed by atoms with Gasteiger partial charge in [-0.2, -0.15) is 0 Å². The monoisotopic (exact) mass is 312 g/mol. The summed E-state index contributed by atoms with van der Waals surface area (Å²) in [5.41, 5.74) is 1.87. The van der Waals surface area contributed by atoms with Gasteiger partial charge in [0.2, 0.25) is 0 Å². The standard InChI is InChI=1S/C19H17FOS/c1-2-21-16-8-5-7-15(12-16)19-11-10-17(22-19)13-14-6-3-4-9-18(14)20/h3-12H,2,13H2,1H3. The van der Waals surface area contributed by atoms with Gasteiger partial charge in [0.05, 0.1) is 6.61 Å². The lowest BCUT2D eigenvalue weighted by atomic mass is 10.1. The predicted octanol–water partition coefficient (Wildman–Crippen LogP) is 5.54. The van der Waals surface area contributed by atoms with Crippen LogP contribution >= 0.6 is 11.3 Å². The summed E-state index contributed by atoms with van der Waals surface area (Å²) < 4.78 is 19.3. The van der Waals surface area contributed by atoms with Crippen molar-refractivity contribution < 1.29 is 9.13 Å². The highest BCUT2D eigenvalue weighted by Crippen LogP contribution is 2.31. The van der Waals surface area contributed by atoms with Crippen molar-refractivity contribution in [1.29, 1.82) is 0 Å². The molecule has 0 N–H and O–H groups in total. The van der Waals surface area contributed by atoms with Gasteiger partial charge in [0.15, 0.2) is 0 Å². The molecule has 0 aliphatic heterocycles. The molecule has 0 bridgehead atoms. The first kappa shape index (κ1) is 14.8. The molecule has 0 atom stereocenters. The van der Waals surface area contributed by atoms with E-state index in [0.717, 1.165) is 21.8 Å². The maximum atomic E-state index is 13.7. The molecule has 1 heterocycles. The Labute approximate surface area is 134 Å². The quantitative estimate of drug-likeness (QED) is 0.600. The Morgan fingerprint density at radius 1 is 1.00 bits per heavy atom. The van der Waals surface area contributed by atoms with Crippen molar-refractivity contribution in [2.75, 3.05) is 6.61 Å². The molecule has 22 heavy (non-hydrogen) atoms. The molecular weight excluding hydrogens is 295 g/mol. The third-order valence-electron chi connectivity index (χ3n) is 3.41. The van der Waals surface area contributed by atoms with Crippen LogP contribution in [0, 0.1) is 5.82 Å². The second-order valence-electron chi connectivity index (χ2n) is 4.99. The molecule has 0 saturated heterocycles. The summed E-state index contributed by atoms with van der Waals surface area (Å²) in [5, 5.41) is 0. The zero-order chi connectivity index (χ0) is 15.4. The fraction of sp³-hybridized carbons (Fsp3) is 0.158. The SMILES string of the molecule is CCOc1cccc(-c2ccc(Cc3ccccc3F)s2)c1. The third kappa shape index (κ3) is 3.37. The topological polar surface area (TPSA) is 9.23 Å². The van der Waals surface area contributed by atoms with Gasteiger partial charge in [0, 0.05) is 16.2 Å². The normalized spacial score (nSPS) is 10.6. The van der Waals surface area contributed by atoms with Gasteiger partial charge in [-0.1, -0.05) is 30.3 Å². The molecule has 3 rings (SSSR count). The van der Waals surface area contributed by atoms with Crippen molar-refractivity contribution in [3.05, 3.63) is 76.9 Å². The Morgan fingerprint density at radius 3 is 2.68 bits per heavy atom. The van der Waals surface area contributed by atoms with Crippen molar-refractivity contribution in [2.45, 2.75) is 13.3 Å². The van der Waals surface area contributed by atoms with Gasteiger partial charge in [-0.25, -0.2) is 4.39 Å². The van der Waals surface area contributed by atoms with Crippen LogP contribution in [0.1, 0.15) is 17.4 Å². The van der Waals surface area contributed by atoms with Crippen molar-refractivity contribution in [2.24, 2.45) is 0 Å². The average Bonchev–Trinajstić information content (AvgIpc) is 2.99. The first-order valence-corrected chi connectivity index (χ1v) is 8.13. The molecule has 0 spiro atoms. The van der Waals surface area contributed by atoms with E-state index in [1.807, 2.05) is 37.3 Å². The number of halogens is 1. The second-order valence-corrected chi connectivity index (χ2v) is 6.16. The maximum absolute atomic E-state index is 13.7. The fourth-order valence-electron chi connectivity index (χ4n) is 2.36. The summed E-state index contributed by atoms with van der Waals surface area (Å²) >= 11 is 1.69. The summed E-state index contributed by atoms with van der Waals surface area (Å²) in [6.07, 6.45) is 0.627. The van der Waals surface area contributed by atoms with Crippen molar-refractivity contribution in [3.63, 3.8) is 0 Å². The van der Waals surface area contributed by atoms with E-state index in [-0.39, 0.29) is 5.82 Å². The van der Waals surface area contributed by atoms with Crippen molar-refractivity contribution in [1.82, 2.24) is 0 Å². The predicted molar refractivity (Wildman–Crippen MR) is 90.1 cm³/mol. The molecule has 0 aliphatic carbocycles. The van der Waals surface area contributed by atoms with Gasteiger partial charge >= 0.3 is 0 Å². The Hall–Kier alpha value is -2.13. The van der Waals surface area contributed by atoms with E-state index in [4.69, 9.17) is 4.74 Å². The third-order valence-corrected chi connectivity index (χ3v) is 4.55. The summed E-state index contributed by atoms with van der Waals surface area (Å²) in [7, 11) is 0. The molecule has 3 heteroatoms. The van der Waals surface area contributed by atoms with E-state index in [0.29, 0.717) is 13.0 Å². The highest BCUT2D eigenvalue weighted by Gasteiger charge is 2.07. The number of rotatable bonds is 5. The lowest BCUT2D eigenvalue weighted by Gasteiger charge is -2.04. The van der Waals surface area contributed by atoms with Crippen LogP contribution in [0.2, 0.25) is 0 Å². The molecule has 112 valence electrons. The Kier molecular flexibility index (Phi) is 4.54. The molecule has 0 saturated carbocycles. The van der Waals surface area contributed by atoms with Crippen LogP contribution in [0.5, 0.6) is 5.75 Å². The summed E-state index contributed by atoms with van der Waals surface area (Å²) in [6.45, 7) is 2.64. The van der Waals surface area contributed by atoms with Gasteiger partial charge in [0.1, 0.15) is 11.6 Å². The maximum Gasteiger partial charge on any atom is 0.126 e. The van der Waals surface area contributed by atoms with E-state index < -0.39 is 0 Å². The molecule has 1 aromatic heterocycles. The van der Waals surface area contributed by atoms with Crippen molar-refractivity contribution >= 4 is 11.3 Å². The van der Waals surface area contributed by atoms with E-state index in [1.54, 1.807) is 17.4 Å². The highest BCUT2D eigenvalue weighted by atomic mass is 32.1. The highest BCUT2D eigenvalue weighted by molar-refractivity contribution is 7.15. The second kappa shape index (κ2) is 6.75. The minimum Gasteiger partial charge on any atom is -0.494 e. The minimum atomic E-state index is -0.143. The van der Waals surface area contributed by atoms with Crippen LogP contribution in [0.4, 0.5) is 4.39 Å². The summed E-state index contributed by atoms with van der Waals surface area (Å²) in [5.74, 6) is 0.736. The van der Waals surface area contributed by atoms with Gasteiger partial charge in [0.25, 0.3) is 0 Å². The van der Waals surface area contributed by atoms with Crippen LogP contribution in [0.25, 0.3) is 10.4 Å². The van der Waals surface area contributed by atoms with Crippen LogP contribution < -0.4 is 4.74 Å². The van der Waals surface area contributed by atoms with E-state index in [2.05, 4.69) is 18.2 Å². The molecular formula is C19H17FOS. The zero-order valence-corrected chi connectivity index (χ0v) is 13.2. The number of thiophene rings is 1. The van der Waals surface area contributed by atoms with Gasteiger partial charge in [-0.05, 0) is 48.4 Å². The molecule has 2 aromatic carbocycles.